The van der Waals surface area contributed by atoms with Gasteiger partial charge in [0.25, 0.3) is 0 Å². The summed E-state index contributed by atoms with van der Waals surface area (Å²) >= 11 is 6.44. The number of nitrogen functional groups attached to an aromatic ring is 1. The van der Waals surface area contributed by atoms with E-state index in [1.54, 1.807) is 18.5 Å². The van der Waals surface area contributed by atoms with Crippen LogP contribution in [0, 0.1) is 5.41 Å². The summed E-state index contributed by atoms with van der Waals surface area (Å²) in [6.45, 7) is 4.11. The molecule has 0 aliphatic carbocycles. The van der Waals surface area contributed by atoms with Crippen molar-refractivity contribution < 1.29 is 9.84 Å². The number of hydrogen-bond donors (Lipinski definition) is 3. The molecule has 2 saturated heterocycles. The first-order chi connectivity index (χ1) is 14.9. The number of pyridine rings is 1. The number of anilines is 2. The largest absolute Gasteiger partial charge is 0.390 e. The molecule has 0 amide bonds. The second-order valence-corrected chi connectivity index (χ2v) is 8.84. The second-order valence-electron chi connectivity index (χ2n) is 8.46. The molecule has 2 aliphatic rings. The van der Waals surface area contributed by atoms with Crippen LogP contribution in [-0.4, -0.2) is 56.3 Å². The van der Waals surface area contributed by atoms with Gasteiger partial charge in [0.05, 0.1) is 35.6 Å². The molecule has 31 heavy (non-hydrogen) atoms. The minimum atomic E-state index is -0.252. The first kappa shape index (κ1) is 20.4. The summed E-state index contributed by atoms with van der Waals surface area (Å²) in [7, 11) is 0. The molecule has 10 heteroatoms. The minimum absolute atomic E-state index is 0.0197. The SMILES string of the molecule is CC1OCC2(CCN(c3nc(CO)c(-c4ccnc(N)c4Cl)c4nccn34)CC2)C1N. The smallest absolute Gasteiger partial charge is 0.211 e. The highest BCUT2D eigenvalue weighted by molar-refractivity contribution is 6.35. The Morgan fingerprint density at radius 2 is 2.06 bits per heavy atom. The number of nitrogens with two attached hydrogens (primary N) is 2. The van der Waals surface area contributed by atoms with E-state index in [4.69, 9.17) is 32.8 Å². The molecule has 5 rings (SSSR count). The van der Waals surface area contributed by atoms with E-state index in [1.165, 1.54) is 0 Å². The van der Waals surface area contributed by atoms with E-state index in [-0.39, 0.29) is 30.0 Å². The van der Waals surface area contributed by atoms with Gasteiger partial charge in [-0.25, -0.2) is 15.0 Å². The molecule has 1 spiro atoms. The van der Waals surface area contributed by atoms with Gasteiger partial charge in [-0.15, -0.1) is 0 Å². The number of imidazole rings is 1. The number of halogens is 1. The van der Waals surface area contributed by atoms with Gasteiger partial charge in [0, 0.05) is 48.7 Å². The number of aliphatic hydroxyl groups excluding tert-OH is 1. The Bertz CT molecular complexity index is 1130. The van der Waals surface area contributed by atoms with Crippen molar-refractivity contribution >= 4 is 29.0 Å². The van der Waals surface area contributed by atoms with Crippen molar-refractivity contribution in [1.29, 1.82) is 0 Å². The number of aliphatic hydroxyl groups is 1. The average molecular weight is 444 g/mol. The molecule has 164 valence electrons. The molecule has 2 fully saturated rings. The lowest BCUT2D eigenvalue weighted by Gasteiger charge is -2.41. The highest BCUT2D eigenvalue weighted by atomic mass is 35.5. The summed E-state index contributed by atoms with van der Waals surface area (Å²) in [5, 5.41) is 10.5. The lowest BCUT2D eigenvalue weighted by Crippen LogP contribution is -2.51. The minimum Gasteiger partial charge on any atom is -0.390 e. The van der Waals surface area contributed by atoms with Gasteiger partial charge < -0.3 is 26.2 Å². The van der Waals surface area contributed by atoms with Crippen LogP contribution in [0.3, 0.4) is 0 Å². The van der Waals surface area contributed by atoms with Gasteiger partial charge in [-0.1, -0.05) is 11.6 Å². The third-order valence-corrected chi connectivity index (χ3v) is 7.22. The predicted octanol–water partition coefficient (Wildman–Crippen LogP) is 1.85. The molecule has 5 N–H and O–H groups in total. The lowest BCUT2D eigenvalue weighted by molar-refractivity contribution is 0.0973. The summed E-state index contributed by atoms with van der Waals surface area (Å²) in [6, 6.07) is 1.81. The van der Waals surface area contributed by atoms with Crippen molar-refractivity contribution in [3.63, 3.8) is 0 Å². The number of piperidine rings is 1. The molecule has 3 aromatic rings. The molecule has 0 bridgehead atoms. The molecule has 5 heterocycles. The molecule has 2 aliphatic heterocycles. The van der Waals surface area contributed by atoms with Crippen LogP contribution in [0.4, 0.5) is 11.8 Å². The van der Waals surface area contributed by atoms with E-state index in [0.29, 0.717) is 34.1 Å². The van der Waals surface area contributed by atoms with Crippen molar-refractivity contribution in [3.8, 4) is 11.1 Å². The Kier molecular flexibility index (Phi) is 5.01. The van der Waals surface area contributed by atoms with Crippen molar-refractivity contribution in [2.75, 3.05) is 30.3 Å². The molecule has 2 atom stereocenters. The van der Waals surface area contributed by atoms with Crippen molar-refractivity contribution in [3.05, 3.63) is 35.4 Å². The van der Waals surface area contributed by atoms with Crippen LogP contribution in [-0.2, 0) is 11.3 Å². The predicted molar refractivity (Wildman–Crippen MR) is 119 cm³/mol. The zero-order valence-corrected chi connectivity index (χ0v) is 18.1. The van der Waals surface area contributed by atoms with E-state index >= 15 is 0 Å². The highest BCUT2D eigenvalue weighted by Gasteiger charge is 2.47. The molecule has 0 radical (unpaired) electrons. The van der Waals surface area contributed by atoms with Crippen LogP contribution >= 0.6 is 11.6 Å². The zero-order chi connectivity index (χ0) is 21.8. The lowest BCUT2D eigenvalue weighted by atomic mass is 9.73. The normalized spacial score (nSPS) is 23.2. The van der Waals surface area contributed by atoms with E-state index in [9.17, 15) is 5.11 Å². The first-order valence-electron chi connectivity index (χ1n) is 10.4. The fourth-order valence-corrected chi connectivity index (χ4v) is 5.11. The third-order valence-electron chi connectivity index (χ3n) is 6.83. The van der Waals surface area contributed by atoms with Crippen molar-refractivity contribution in [1.82, 2.24) is 19.4 Å². The fourth-order valence-electron chi connectivity index (χ4n) is 4.90. The van der Waals surface area contributed by atoms with Crippen LogP contribution in [0.2, 0.25) is 5.02 Å². The van der Waals surface area contributed by atoms with Crippen LogP contribution in [0.15, 0.2) is 24.7 Å². The Morgan fingerprint density at radius 1 is 1.29 bits per heavy atom. The topological polar surface area (TPSA) is 128 Å². The number of fused-ring (bicyclic) bond motifs is 1. The summed E-state index contributed by atoms with van der Waals surface area (Å²) in [5.74, 6) is 0.969. The number of rotatable bonds is 3. The Balaban J connectivity index is 1.55. The summed E-state index contributed by atoms with van der Waals surface area (Å²) in [6.07, 6.45) is 7.12. The Morgan fingerprint density at radius 3 is 2.74 bits per heavy atom. The van der Waals surface area contributed by atoms with Gasteiger partial charge >= 0.3 is 0 Å². The summed E-state index contributed by atoms with van der Waals surface area (Å²) in [4.78, 5) is 15.6. The first-order valence-corrected chi connectivity index (χ1v) is 10.8. The van der Waals surface area contributed by atoms with Crippen molar-refractivity contribution in [2.45, 2.75) is 38.5 Å². The van der Waals surface area contributed by atoms with E-state index in [1.807, 2.05) is 17.5 Å². The molecule has 3 aromatic heterocycles. The van der Waals surface area contributed by atoms with Crippen LogP contribution in [0.1, 0.15) is 25.5 Å². The van der Waals surface area contributed by atoms with E-state index < -0.39 is 0 Å². The third kappa shape index (κ3) is 3.15. The van der Waals surface area contributed by atoms with Crippen LogP contribution in [0.25, 0.3) is 16.8 Å². The average Bonchev–Trinajstić information content (AvgIpc) is 3.37. The standard InChI is InChI=1S/C21H26ClN7O2/c1-12-17(23)21(11-31-12)3-7-28(8-4-21)20-27-14(10-30)15(19-26-6-9-29(19)20)13-2-5-25-18(24)16(13)22/h2,5-6,9,12,17,30H,3-4,7-8,10-11,23H2,1H3,(H2,24,25). The monoisotopic (exact) mass is 443 g/mol. The molecular weight excluding hydrogens is 418 g/mol. The fraction of sp³-hybridized carbons (Fsp3) is 0.476. The molecular formula is C21H26ClN7O2. The molecule has 2 unspecified atom stereocenters. The van der Waals surface area contributed by atoms with Crippen molar-refractivity contribution in [2.24, 2.45) is 11.1 Å². The Hall–Kier alpha value is -2.46. The maximum Gasteiger partial charge on any atom is 0.211 e. The van der Waals surface area contributed by atoms with E-state index in [0.717, 1.165) is 31.9 Å². The van der Waals surface area contributed by atoms with Crippen LogP contribution in [0.5, 0.6) is 0 Å². The quantitative estimate of drug-likeness (QED) is 0.559. The highest BCUT2D eigenvalue weighted by Crippen LogP contribution is 2.42. The molecule has 0 saturated carbocycles. The van der Waals surface area contributed by atoms with E-state index in [2.05, 4.69) is 14.9 Å². The van der Waals surface area contributed by atoms with Gasteiger partial charge in [-0.05, 0) is 25.8 Å². The number of hydrogen-bond acceptors (Lipinski definition) is 8. The Labute approximate surface area is 185 Å². The second kappa shape index (κ2) is 7.59. The van der Waals surface area contributed by atoms with Crippen LogP contribution < -0.4 is 16.4 Å². The molecule has 9 nitrogen and oxygen atoms in total. The maximum absolute atomic E-state index is 10.2. The van der Waals surface area contributed by atoms with Gasteiger partial charge in [-0.2, -0.15) is 0 Å². The molecule has 0 aromatic carbocycles. The number of ether oxygens (including phenoxy) is 1. The number of nitrogens with zero attached hydrogens (tertiary/aromatic N) is 5. The number of aromatic nitrogens is 4. The van der Waals surface area contributed by atoms with Gasteiger partial charge in [0.1, 0.15) is 11.5 Å². The van der Waals surface area contributed by atoms with Gasteiger partial charge in [-0.3, -0.25) is 4.40 Å². The zero-order valence-electron chi connectivity index (χ0n) is 17.3. The summed E-state index contributed by atoms with van der Waals surface area (Å²) in [5.41, 5.74) is 14.9. The van der Waals surface area contributed by atoms with Gasteiger partial charge in [0.2, 0.25) is 5.95 Å². The van der Waals surface area contributed by atoms with Gasteiger partial charge in [0.15, 0.2) is 0 Å². The summed E-state index contributed by atoms with van der Waals surface area (Å²) < 4.78 is 7.78. The maximum atomic E-state index is 10.2.